The van der Waals surface area contributed by atoms with Crippen LogP contribution >= 0.6 is 0 Å². The molecule has 2 aliphatic heterocycles. The molecule has 4 rings (SSSR count). The second-order valence-electron chi connectivity index (χ2n) is 10.6. The van der Waals surface area contributed by atoms with Gasteiger partial charge in [-0.3, -0.25) is 14.4 Å². The Hall–Kier alpha value is -3.27. The number of likely N-dealkylation sites (tertiary alicyclic amines) is 2. The molecule has 9 heteroatoms. The van der Waals surface area contributed by atoms with Crippen molar-refractivity contribution in [3.8, 4) is 0 Å². The van der Waals surface area contributed by atoms with Crippen LogP contribution in [0.5, 0.6) is 0 Å². The lowest BCUT2D eigenvalue weighted by molar-refractivity contribution is -0.154. The quantitative estimate of drug-likeness (QED) is 0.399. The average Bonchev–Trinajstić information content (AvgIpc) is 2.92. The van der Waals surface area contributed by atoms with E-state index in [-0.39, 0.29) is 31.7 Å². The van der Waals surface area contributed by atoms with Crippen LogP contribution < -0.4 is 11.5 Å². The van der Waals surface area contributed by atoms with Gasteiger partial charge in [0.05, 0.1) is 18.1 Å². The second-order valence-corrected chi connectivity index (χ2v) is 10.6. The van der Waals surface area contributed by atoms with Crippen molar-refractivity contribution in [1.82, 2.24) is 9.80 Å². The Balaban J connectivity index is 1.77. The first-order valence-corrected chi connectivity index (χ1v) is 13.3. The summed E-state index contributed by atoms with van der Waals surface area (Å²) < 4.78 is 0. The first-order chi connectivity index (χ1) is 18.2. The molecule has 2 fully saturated rings. The third kappa shape index (κ3) is 6.23. The van der Waals surface area contributed by atoms with Crippen molar-refractivity contribution >= 4 is 17.7 Å². The molecule has 0 saturated carbocycles. The Kier molecular flexibility index (Phi) is 8.81. The minimum atomic E-state index is -1.63. The van der Waals surface area contributed by atoms with Gasteiger partial charge in [0.1, 0.15) is 11.6 Å². The molecule has 2 aromatic rings. The highest BCUT2D eigenvalue weighted by Gasteiger charge is 2.51. The summed E-state index contributed by atoms with van der Waals surface area (Å²) >= 11 is 0. The van der Waals surface area contributed by atoms with E-state index in [9.17, 15) is 24.6 Å². The molecule has 2 saturated heterocycles. The maximum Gasteiger partial charge on any atom is 0.243 e. The molecule has 0 radical (unpaired) electrons. The van der Waals surface area contributed by atoms with E-state index in [1.54, 1.807) is 4.90 Å². The van der Waals surface area contributed by atoms with Crippen molar-refractivity contribution in [3.05, 3.63) is 71.8 Å². The summed E-state index contributed by atoms with van der Waals surface area (Å²) in [6.45, 7) is 0.837. The molecule has 0 bridgehead atoms. The minimum Gasteiger partial charge on any atom is -0.393 e. The van der Waals surface area contributed by atoms with Crippen LogP contribution in [0.4, 0.5) is 0 Å². The maximum absolute atomic E-state index is 14.3. The fourth-order valence-corrected chi connectivity index (χ4v) is 5.66. The summed E-state index contributed by atoms with van der Waals surface area (Å²) in [5, 5.41) is 20.2. The number of piperidine rings is 2. The van der Waals surface area contributed by atoms with Gasteiger partial charge in [0.15, 0.2) is 0 Å². The van der Waals surface area contributed by atoms with Crippen LogP contribution in [0.1, 0.15) is 36.8 Å². The number of benzene rings is 2. The Morgan fingerprint density at radius 2 is 1.42 bits per heavy atom. The second kappa shape index (κ2) is 12.1. The standard InChI is InChI=1S/C29H38N4O5/c30-26(36)25-18-23(35)13-16-33(25)27(37)24(17-20-7-3-1-4-8-20)29(31,19-21-9-5-2-6-10-21)28(38)32-14-11-22(34)12-15-32/h1-10,22-25,34-35H,11-19,31H2,(H2,30,36)/t23-,24+,25?,29?/m1/s1. The lowest BCUT2D eigenvalue weighted by atomic mass is 9.74. The number of primary amides is 1. The molecule has 0 spiro atoms. The van der Waals surface area contributed by atoms with Gasteiger partial charge in [-0.25, -0.2) is 0 Å². The largest absolute Gasteiger partial charge is 0.393 e. The highest BCUT2D eigenvalue weighted by molar-refractivity contribution is 5.96. The molecule has 9 nitrogen and oxygen atoms in total. The number of aliphatic hydroxyl groups is 2. The number of rotatable bonds is 8. The number of hydrogen-bond donors (Lipinski definition) is 4. The lowest BCUT2D eigenvalue weighted by Gasteiger charge is -2.44. The zero-order valence-corrected chi connectivity index (χ0v) is 21.6. The van der Waals surface area contributed by atoms with E-state index in [2.05, 4.69) is 0 Å². The summed E-state index contributed by atoms with van der Waals surface area (Å²) in [5.74, 6) is -2.47. The van der Waals surface area contributed by atoms with Gasteiger partial charge in [-0.15, -0.1) is 0 Å². The Bertz CT molecular complexity index is 1110. The van der Waals surface area contributed by atoms with E-state index < -0.39 is 41.5 Å². The summed E-state index contributed by atoms with van der Waals surface area (Å²) in [7, 11) is 0. The van der Waals surface area contributed by atoms with Gasteiger partial charge in [-0.05, 0) is 36.8 Å². The van der Waals surface area contributed by atoms with E-state index in [4.69, 9.17) is 11.5 Å². The van der Waals surface area contributed by atoms with Gasteiger partial charge in [0, 0.05) is 32.5 Å². The molecular weight excluding hydrogens is 484 g/mol. The molecule has 204 valence electrons. The monoisotopic (exact) mass is 522 g/mol. The third-order valence-electron chi connectivity index (χ3n) is 7.88. The normalized spacial score (nSPS) is 22.9. The van der Waals surface area contributed by atoms with Crippen LogP contribution in [-0.4, -0.2) is 81.2 Å². The van der Waals surface area contributed by atoms with Gasteiger partial charge in [-0.2, -0.15) is 0 Å². The van der Waals surface area contributed by atoms with Gasteiger partial charge < -0.3 is 31.5 Å². The van der Waals surface area contributed by atoms with Gasteiger partial charge >= 0.3 is 0 Å². The zero-order chi connectivity index (χ0) is 27.3. The Morgan fingerprint density at radius 1 is 0.868 bits per heavy atom. The summed E-state index contributed by atoms with van der Waals surface area (Å²) in [5.41, 5.74) is 12.8. The number of carbonyl (C=O) groups excluding carboxylic acids is 3. The number of hydrogen-bond acceptors (Lipinski definition) is 6. The topological polar surface area (TPSA) is 150 Å². The molecule has 0 aromatic heterocycles. The number of carbonyl (C=O) groups is 3. The highest BCUT2D eigenvalue weighted by atomic mass is 16.3. The first kappa shape index (κ1) is 27.8. The summed E-state index contributed by atoms with van der Waals surface area (Å²) in [6, 6.07) is 17.7. The number of nitrogens with zero attached hydrogens (tertiary/aromatic N) is 2. The van der Waals surface area contributed by atoms with Crippen molar-refractivity contribution in [1.29, 1.82) is 0 Å². The van der Waals surface area contributed by atoms with Crippen LogP contribution in [-0.2, 0) is 27.2 Å². The van der Waals surface area contributed by atoms with Gasteiger partial charge in [-0.1, -0.05) is 60.7 Å². The lowest BCUT2D eigenvalue weighted by Crippen LogP contribution is -2.67. The summed E-state index contributed by atoms with van der Waals surface area (Å²) in [6.07, 6.45) is 0.337. The predicted molar refractivity (Wildman–Crippen MR) is 142 cm³/mol. The van der Waals surface area contributed by atoms with Crippen molar-refractivity contribution in [2.75, 3.05) is 19.6 Å². The molecule has 4 atom stereocenters. The van der Waals surface area contributed by atoms with Crippen LogP contribution in [0, 0.1) is 5.92 Å². The molecule has 0 aliphatic carbocycles. The molecule has 2 heterocycles. The third-order valence-corrected chi connectivity index (χ3v) is 7.88. The number of nitrogens with two attached hydrogens (primary N) is 2. The van der Waals surface area contributed by atoms with Gasteiger partial charge in [0.25, 0.3) is 0 Å². The van der Waals surface area contributed by atoms with E-state index in [0.29, 0.717) is 32.4 Å². The van der Waals surface area contributed by atoms with E-state index in [0.717, 1.165) is 11.1 Å². The predicted octanol–water partition coefficient (Wildman–Crippen LogP) is 0.606. The van der Waals surface area contributed by atoms with Crippen LogP contribution in [0.15, 0.2) is 60.7 Å². The first-order valence-electron chi connectivity index (χ1n) is 13.3. The maximum atomic E-state index is 14.3. The molecule has 3 amide bonds. The molecule has 6 N–H and O–H groups in total. The van der Waals surface area contributed by atoms with E-state index in [1.165, 1.54) is 4.90 Å². The molecule has 2 unspecified atom stereocenters. The highest BCUT2D eigenvalue weighted by Crippen LogP contribution is 2.32. The fourth-order valence-electron chi connectivity index (χ4n) is 5.66. The van der Waals surface area contributed by atoms with Crippen molar-refractivity contribution in [3.63, 3.8) is 0 Å². The molecular formula is C29H38N4O5. The average molecular weight is 523 g/mol. The Morgan fingerprint density at radius 3 is 2.00 bits per heavy atom. The van der Waals surface area contributed by atoms with Crippen molar-refractivity contribution < 1.29 is 24.6 Å². The van der Waals surface area contributed by atoms with E-state index in [1.807, 2.05) is 60.7 Å². The van der Waals surface area contributed by atoms with Gasteiger partial charge in [0.2, 0.25) is 17.7 Å². The van der Waals surface area contributed by atoms with Crippen LogP contribution in [0.2, 0.25) is 0 Å². The SMILES string of the molecule is NC(=O)C1C[C@H](O)CCN1C(=O)[C@H](Cc1ccccc1)C(N)(Cc1ccccc1)C(=O)N1CCC(O)CC1. The number of aliphatic hydroxyl groups excluding tert-OH is 2. The zero-order valence-electron chi connectivity index (χ0n) is 21.6. The van der Waals surface area contributed by atoms with E-state index >= 15 is 0 Å². The number of amides is 3. The molecule has 2 aliphatic rings. The minimum absolute atomic E-state index is 0.0490. The van der Waals surface area contributed by atoms with Crippen LogP contribution in [0.3, 0.4) is 0 Å². The molecule has 38 heavy (non-hydrogen) atoms. The van der Waals surface area contributed by atoms with Crippen molar-refractivity contribution in [2.45, 2.75) is 62.3 Å². The Labute approximate surface area is 223 Å². The van der Waals surface area contributed by atoms with Crippen LogP contribution in [0.25, 0.3) is 0 Å². The fraction of sp³-hybridized carbons (Fsp3) is 0.483. The van der Waals surface area contributed by atoms with Crippen molar-refractivity contribution in [2.24, 2.45) is 17.4 Å². The smallest absolute Gasteiger partial charge is 0.243 e. The summed E-state index contributed by atoms with van der Waals surface area (Å²) in [4.78, 5) is 44.0. The molecule has 2 aromatic carbocycles.